The molecule has 2 rings (SSSR count). The number of hydrogen-bond acceptors (Lipinski definition) is 3. The molecule has 0 bridgehead atoms. The highest BCUT2D eigenvalue weighted by molar-refractivity contribution is 5.79. The lowest BCUT2D eigenvalue weighted by Crippen LogP contribution is -2.39. The quantitative estimate of drug-likeness (QED) is 0.846. The summed E-state index contributed by atoms with van der Waals surface area (Å²) in [5.41, 5.74) is 6.83. The maximum Gasteiger partial charge on any atom is 0.223 e. The van der Waals surface area contributed by atoms with Gasteiger partial charge in [-0.1, -0.05) is 12.8 Å². The fourth-order valence-corrected chi connectivity index (χ4v) is 2.66. The van der Waals surface area contributed by atoms with Gasteiger partial charge in [0.2, 0.25) is 5.91 Å². The lowest BCUT2D eigenvalue weighted by Gasteiger charge is -2.29. The molecular formula is C14H21N3O. The van der Waals surface area contributed by atoms with Gasteiger partial charge in [0.1, 0.15) is 0 Å². The number of carbonyl (C=O) groups excluding carboxylic acids is 1. The third-order valence-electron chi connectivity index (χ3n) is 3.76. The smallest absolute Gasteiger partial charge is 0.223 e. The van der Waals surface area contributed by atoms with Crippen molar-refractivity contribution < 1.29 is 4.79 Å². The van der Waals surface area contributed by atoms with Gasteiger partial charge in [-0.2, -0.15) is 0 Å². The van der Waals surface area contributed by atoms with Crippen LogP contribution in [0.4, 0.5) is 0 Å². The number of pyridine rings is 1. The number of hydrogen-bond donors (Lipinski definition) is 2. The average molecular weight is 247 g/mol. The number of carbonyl (C=O) groups is 1. The van der Waals surface area contributed by atoms with Crippen LogP contribution in [0.3, 0.4) is 0 Å². The fourth-order valence-electron chi connectivity index (χ4n) is 2.66. The van der Waals surface area contributed by atoms with E-state index in [2.05, 4.69) is 10.3 Å². The third-order valence-corrected chi connectivity index (χ3v) is 3.76. The van der Waals surface area contributed by atoms with Crippen molar-refractivity contribution in [1.82, 2.24) is 10.3 Å². The van der Waals surface area contributed by atoms with E-state index >= 15 is 0 Å². The zero-order valence-electron chi connectivity index (χ0n) is 10.6. The summed E-state index contributed by atoms with van der Waals surface area (Å²) in [4.78, 5) is 16.1. The first kappa shape index (κ1) is 13.0. The second-order valence-electron chi connectivity index (χ2n) is 4.96. The van der Waals surface area contributed by atoms with Crippen molar-refractivity contribution in [2.45, 2.75) is 32.2 Å². The molecule has 4 heteroatoms. The Morgan fingerprint density at radius 3 is 2.78 bits per heavy atom. The Balaban J connectivity index is 1.87. The van der Waals surface area contributed by atoms with Crippen LogP contribution in [-0.2, 0) is 11.3 Å². The second-order valence-corrected chi connectivity index (χ2v) is 4.96. The standard InChI is InChI=1S/C14H21N3O/c15-9-12-3-1-2-4-13(12)14(18)17-10-11-5-7-16-8-6-11/h5-8,12-13H,1-4,9-10,15H2,(H,17,18). The Bertz CT molecular complexity index is 380. The van der Waals surface area contributed by atoms with Crippen LogP contribution in [0, 0.1) is 11.8 Å². The molecule has 1 aliphatic carbocycles. The van der Waals surface area contributed by atoms with Gasteiger partial charge in [-0.25, -0.2) is 0 Å². The minimum absolute atomic E-state index is 0.102. The van der Waals surface area contributed by atoms with E-state index in [0.29, 0.717) is 19.0 Å². The molecule has 1 amide bonds. The van der Waals surface area contributed by atoms with Gasteiger partial charge in [0, 0.05) is 24.9 Å². The van der Waals surface area contributed by atoms with Crippen molar-refractivity contribution in [3.05, 3.63) is 30.1 Å². The molecule has 0 radical (unpaired) electrons. The van der Waals surface area contributed by atoms with Crippen LogP contribution in [0.2, 0.25) is 0 Å². The Hall–Kier alpha value is -1.42. The van der Waals surface area contributed by atoms with E-state index in [1.165, 1.54) is 6.42 Å². The van der Waals surface area contributed by atoms with Crippen LogP contribution < -0.4 is 11.1 Å². The molecule has 0 aromatic carbocycles. The lowest BCUT2D eigenvalue weighted by atomic mass is 9.79. The van der Waals surface area contributed by atoms with Crippen molar-refractivity contribution >= 4 is 5.91 Å². The molecule has 4 nitrogen and oxygen atoms in total. The zero-order chi connectivity index (χ0) is 12.8. The summed E-state index contributed by atoms with van der Waals surface area (Å²) < 4.78 is 0. The van der Waals surface area contributed by atoms with E-state index in [1.807, 2.05) is 12.1 Å². The molecule has 3 N–H and O–H groups in total. The molecule has 1 saturated carbocycles. The second kappa shape index (κ2) is 6.50. The van der Waals surface area contributed by atoms with Crippen molar-refractivity contribution in [1.29, 1.82) is 0 Å². The highest BCUT2D eigenvalue weighted by atomic mass is 16.1. The predicted octanol–water partition coefficient (Wildman–Crippen LogP) is 1.46. The molecular weight excluding hydrogens is 226 g/mol. The first-order chi connectivity index (χ1) is 8.81. The number of nitrogens with one attached hydrogen (secondary N) is 1. The van der Waals surface area contributed by atoms with E-state index in [9.17, 15) is 4.79 Å². The minimum Gasteiger partial charge on any atom is -0.352 e. The Labute approximate surface area is 108 Å². The molecule has 2 unspecified atom stereocenters. The number of rotatable bonds is 4. The Morgan fingerprint density at radius 1 is 1.33 bits per heavy atom. The number of aromatic nitrogens is 1. The van der Waals surface area contributed by atoms with Gasteiger partial charge in [-0.3, -0.25) is 9.78 Å². The highest BCUT2D eigenvalue weighted by Crippen LogP contribution is 2.29. The van der Waals surface area contributed by atoms with E-state index in [-0.39, 0.29) is 11.8 Å². The Kier molecular flexibility index (Phi) is 4.70. The molecule has 1 aliphatic rings. The van der Waals surface area contributed by atoms with Gasteiger partial charge >= 0.3 is 0 Å². The molecule has 1 heterocycles. The summed E-state index contributed by atoms with van der Waals surface area (Å²) in [6.45, 7) is 1.20. The van der Waals surface area contributed by atoms with Crippen molar-refractivity contribution in [3.8, 4) is 0 Å². The molecule has 18 heavy (non-hydrogen) atoms. The molecule has 1 aromatic rings. The normalized spacial score (nSPS) is 23.6. The van der Waals surface area contributed by atoms with Gasteiger partial charge < -0.3 is 11.1 Å². The predicted molar refractivity (Wildman–Crippen MR) is 70.6 cm³/mol. The average Bonchev–Trinajstić information content (AvgIpc) is 2.45. The third kappa shape index (κ3) is 3.29. The largest absolute Gasteiger partial charge is 0.352 e. The van der Waals surface area contributed by atoms with Gasteiger partial charge in [-0.15, -0.1) is 0 Å². The van der Waals surface area contributed by atoms with E-state index in [4.69, 9.17) is 5.73 Å². The first-order valence-electron chi connectivity index (χ1n) is 6.68. The zero-order valence-corrected chi connectivity index (χ0v) is 10.6. The molecule has 1 aromatic heterocycles. The van der Waals surface area contributed by atoms with E-state index in [0.717, 1.165) is 24.8 Å². The monoisotopic (exact) mass is 247 g/mol. The van der Waals surface area contributed by atoms with Crippen LogP contribution in [0.15, 0.2) is 24.5 Å². The first-order valence-corrected chi connectivity index (χ1v) is 6.68. The van der Waals surface area contributed by atoms with Gasteiger partial charge in [0.15, 0.2) is 0 Å². The summed E-state index contributed by atoms with van der Waals surface area (Å²) in [6, 6.07) is 3.84. The van der Waals surface area contributed by atoms with Gasteiger partial charge in [-0.05, 0) is 43.0 Å². The Morgan fingerprint density at radius 2 is 2.06 bits per heavy atom. The number of amides is 1. The minimum atomic E-state index is 0.102. The summed E-state index contributed by atoms with van der Waals surface area (Å²) >= 11 is 0. The molecule has 2 atom stereocenters. The topological polar surface area (TPSA) is 68.0 Å². The summed E-state index contributed by atoms with van der Waals surface area (Å²) in [5, 5.41) is 3.01. The van der Waals surface area contributed by atoms with Gasteiger partial charge in [0.05, 0.1) is 0 Å². The lowest BCUT2D eigenvalue weighted by molar-refractivity contribution is -0.127. The van der Waals surface area contributed by atoms with Crippen molar-refractivity contribution in [2.24, 2.45) is 17.6 Å². The number of nitrogens with two attached hydrogens (primary N) is 1. The highest BCUT2D eigenvalue weighted by Gasteiger charge is 2.29. The maximum atomic E-state index is 12.2. The molecule has 0 aliphatic heterocycles. The molecule has 0 saturated heterocycles. The number of nitrogens with zero attached hydrogens (tertiary/aromatic N) is 1. The fraction of sp³-hybridized carbons (Fsp3) is 0.571. The van der Waals surface area contributed by atoms with Crippen molar-refractivity contribution in [2.75, 3.05) is 6.54 Å². The van der Waals surface area contributed by atoms with Crippen molar-refractivity contribution in [3.63, 3.8) is 0 Å². The molecule has 98 valence electrons. The van der Waals surface area contributed by atoms with Crippen LogP contribution in [0.5, 0.6) is 0 Å². The van der Waals surface area contributed by atoms with E-state index in [1.54, 1.807) is 12.4 Å². The SMILES string of the molecule is NCC1CCCCC1C(=O)NCc1ccncc1. The summed E-state index contributed by atoms with van der Waals surface area (Å²) in [5.74, 6) is 0.615. The summed E-state index contributed by atoms with van der Waals surface area (Å²) in [7, 11) is 0. The van der Waals surface area contributed by atoms with Gasteiger partial charge in [0.25, 0.3) is 0 Å². The molecule has 0 spiro atoms. The van der Waals surface area contributed by atoms with Crippen LogP contribution in [0.1, 0.15) is 31.2 Å². The maximum absolute atomic E-state index is 12.2. The molecule has 1 fully saturated rings. The van der Waals surface area contributed by atoms with Crippen LogP contribution >= 0.6 is 0 Å². The van der Waals surface area contributed by atoms with Crippen LogP contribution in [-0.4, -0.2) is 17.4 Å². The van der Waals surface area contributed by atoms with Crippen LogP contribution in [0.25, 0.3) is 0 Å². The summed E-state index contributed by atoms with van der Waals surface area (Å²) in [6.07, 6.45) is 7.89. The van der Waals surface area contributed by atoms with E-state index < -0.39 is 0 Å².